The van der Waals surface area contributed by atoms with Crippen molar-refractivity contribution in [1.82, 2.24) is 15.3 Å². The summed E-state index contributed by atoms with van der Waals surface area (Å²) < 4.78 is 4.75. The van der Waals surface area contributed by atoms with E-state index in [0.717, 1.165) is 0 Å². The van der Waals surface area contributed by atoms with Crippen molar-refractivity contribution < 1.29 is 19.4 Å². The highest BCUT2D eigenvalue weighted by Gasteiger charge is 2.21. The molecule has 0 saturated heterocycles. The Morgan fingerprint density at radius 2 is 2.05 bits per heavy atom. The van der Waals surface area contributed by atoms with E-state index in [2.05, 4.69) is 15.3 Å². The molecule has 0 aliphatic carbocycles. The average molecular weight is 299 g/mol. The highest BCUT2D eigenvalue weighted by molar-refractivity contribution is 7.98. The van der Waals surface area contributed by atoms with Gasteiger partial charge in [0.1, 0.15) is 10.9 Å². The Morgan fingerprint density at radius 3 is 2.55 bits per heavy atom. The normalized spacial score (nSPS) is 12.0. The lowest BCUT2D eigenvalue weighted by Gasteiger charge is -2.14. The number of aryl methyl sites for hydroxylation is 2. The Morgan fingerprint density at radius 1 is 1.40 bits per heavy atom. The second-order valence-electron chi connectivity index (χ2n) is 4.01. The van der Waals surface area contributed by atoms with Gasteiger partial charge in [0.2, 0.25) is 0 Å². The number of ether oxygens (including phenoxy) is 1. The zero-order valence-corrected chi connectivity index (χ0v) is 12.6. The van der Waals surface area contributed by atoms with E-state index >= 15 is 0 Å². The van der Waals surface area contributed by atoms with Crippen molar-refractivity contribution >= 4 is 23.6 Å². The van der Waals surface area contributed by atoms with Gasteiger partial charge >= 0.3 is 5.97 Å². The lowest BCUT2D eigenvalue weighted by atomic mass is 10.2. The van der Waals surface area contributed by atoms with E-state index in [9.17, 15) is 9.59 Å². The van der Waals surface area contributed by atoms with Crippen molar-refractivity contribution in [3.05, 3.63) is 17.1 Å². The summed E-state index contributed by atoms with van der Waals surface area (Å²) in [7, 11) is 1.28. The minimum atomic E-state index is -1.13. The summed E-state index contributed by atoms with van der Waals surface area (Å²) in [6.07, 6.45) is 0.732. The molecule has 0 bridgehead atoms. The molecule has 1 amide bonds. The van der Waals surface area contributed by atoms with E-state index in [1.165, 1.54) is 18.9 Å². The Hall–Kier alpha value is -1.67. The third-order valence-corrected chi connectivity index (χ3v) is 3.28. The van der Waals surface area contributed by atoms with Gasteiger partial charge in [-0.3, -0.25) is 4.79 Å². The first-order valence-corrected chi connectivity index (χ1v) is 7.06. The summed E-state index contributed by atoms with van der Waals surface area (Å²) in [5, 5.41) is 11.9. The standard InChI is InChI=1S/C12H17N3O4S/c1-6-9(11(20-4)15-7(2)14-6)10(16)13-5-8(19-3)12(17)18/h8H,5H2,1-4H3,(H,13,16)(H,17,18). The minimum absolute atomic E-state index is 0.119. The molecule has 0 aromatic carbocycles. The fourth-order valence-electron chi connectivity index (χ4n) is 1.64. The predicted molar refractivity (Wildman–Crippen MR) is 74.1 cm³/mol. The molecule has 1 rings (SSSR count). The van der Waals surface area contributed by atoms with Crippen LogP contribution in [0, 0.1) is 13.8 Å². The molecule has 0 saturated carbocycles. The molecule has 8 heteroatoms. The number of aromatic nitrogens is 2. The molecule has 2 N–H and O–H groups in total. The maximum absolute atomic E-state index is 12.1. The van der Waals surface area contributed by atoms with Crippen LogP contribution in [0.2, 0.25) is 0 Å². The van der Waals surface area contributed by atoms with Crippen LogP contribution >= 0.6 is 11.8 Å². The zero-order chi connectivity index (χ0) is 15.3. The van der Waals surface area contributed by atoms with E-state index in [4.69, 9.17) is 9.84 Å². The summed E-state index contributed by atoms with van der Waals surface area (Å²) in [4.78, 5) is 31.3. The van der Waals surface area contributed by atoms with E-state index in [1.54, 1.807) is 13.8 Å². The summed E-state index contributed by atoms with van der Waals surface area (Å²) in [6, 6.07) is 0. The first-order valence-electron chi connectivity index (χ1n) is 5.83. The fraction of sp³-hybridized carbons (Fsp3) is 0.500. The van der Waals surface area contributed by atoms with Gasteiger partial charge in [-0.1, -0.05) is 0 Å². The minimum Gasteiger partial charge on any atom is -0.479 e. The van der Waals surface area contributed by atoms with Gasteiger partial charge in [-0.25, -0.2) is 14.8 Å². The molecule has 1 aromatic rings. The fourth-order valence-corrected chi connectivity index (χ4v) is 2.30. The predicted octanol–water partition coefficient (Wildman–Crippen LogP) is 0.645. The zero-order valence-electron chi connectivity index (χ0n) is 11.8. The molecule has 0 aliphatic heterocycles. The summed E-state index contributed by atoms with van der Waals surface area (Å²) in [5.74, 6) is -0.950. The van der Waals surface area contributed by atoms with Gasteiger partial charge in [0.05, 0.1) is 17.8 Å². The van der Waals surface area contributed by atoms with E-state index in [0.29, 0.717) is 22.1 Å². The molecule has 0 aliphatic rings. The number of hydrogen-bond donors (Lipinski definition) is 2. The van der Waals surface area contributed by atoms with Crippen LogP contribution in [0.4, 0.5) is 0 Å². The van der Waals surface area contributed by atoms with Crippen LogP contribution in [-0.4, -0.2) is 53.0 Å². The van der Waals surface area contributed by atoms with Crippen LogP contribution in [0.15, 0.2) is 5.03 Å². The quantitative estimate of drug-likeness (QED) is 0.587. The second-order valence-corrected chi connectivity index (χ2v) is 4.81. The highest BCUT2D eigenvalue weighted by atomic mass is 32.2. The SMILES string of the molecule is COC(CNC(=O)c1c(C)nc(C)nc1SC)C(=O)O. The Labute approximate surface area is 121 Å². The number of carboxylic acid groups (broad SMARTS) is 1. The number of carboxylic acids is 1. The number of hydrogen-bond acceptors (Lipinski definition) is 6. The summed E-state index contributed by atoms with van der Waals surface area (Å²) >= 11 is 1.34. The molecule has 110 valence electrons. The van der Waals surface area contributed by atoms with Gasteiger partial charge in [-0.15, -0.1) is 11.8 Å². The molecule has 1 heterocycles. The van der Waals surface area contributed by atoms with Gasteiger partial charge in [0, 0.05) is 7.11 Å². The molecule has 0 spiro atoms. The van der Waals surface area contributed by atoms with Crippen LogP contribution < -0.4 is 5.32 Å². The largest absolute Gasteiger partial charge is 0.479 e. The molecular weight excluding hydrogens is 282 g/mol. The van der Waals surface area contributed by atoms with Crippen molar-refractivity contribution in [2.75, 3.05) is 19.9 Å². The van der Waals surface area contributed by atoms with Crippen LogP contribution in [0.25, 0.3) is 0 Å². The maximum Gasteiger partial charge on any atom is 0.334 e. The van der Waals surface area contributed by atoms with Crippen LogP contribution in [-0.2, 0) is 9.53 Å². The summed E-state index contributed by atoms with van der Waals surface area (Å²) in [5.41, 5.74) is 0.923. The smallest absolute Gasteiger partial charge is 0.334 e. The van der Waals surface area contributed by atoms with Crippen molar-refractivity contribution in [1.29, 1.82) is 0 Å². The summed E-state index contributed by atoms with van der Waals surface area (Å²) in [6.45, 7) is 3.35. The number of carbonyl (C=O) groups excluding carboxylic acids is 1. The van der Waals surface area contributed by atoms with Crippen LogP contribution in [0.1, 0.15) is 21.9 Å². The molecule has 7 nitrogen and oxygen atoms in total. The van der Waals surface area contributed by atoms with E-state index in [1.807, 2.05) is 6.26 Å². The molecule has 0 radical (unpaired) electrons. The highest BCUT2D eigenvalue weighted by Crippen LogP contribution is 2.20. The lowest BCUT2D eigenvalue weighted by molar-refractivity contribution is -0.148. The molecule has 0 fully saturated rings. The van der Waals surface area contributed by atoms with E-state index < -0.39 is 18.0 Å². The number of rotatable bonds is 6. The monoisotopic (exact) mass is 299 g/mol. The Bertz CT molecular complexity index is 522. The number of nitrogens with one attached hydrogen (secondary N) is 1. The first-order chi connectivity index (χ1) is 9.40. The van der Waals surface area contributed by atoms with Crippen LogP contribution in [0.3, 0.4) is 0 Å². The second kappa shape index (κ2) is 7.20. The lowest BCUT2D eigenvalue weighted by Crippen LogP contribution is -2.38. The number of nitrogens with zero attached hydrogens (tertiary/aromatic N) is 2. The van der Waals surface area contributed by atoms with Crippen molar-refractivity contribution in [3.63, 3.8) is 0 Å². The van der Waals surface area contributed by atoms with Gasteiger partial charge < -0.3 is 15.2 Å². The Balaban J connectivity index is 2.90. The average Bonchev–Trinajstić information content (AvgIpc) is 2.37. The maximum atomic E-state index is 12.1. The van der Waals surface area contributed by atoms with Crippen molar-refractivity contribution in [2.45, 2.75) is 25.0 Å². The third-order valence-electron chi connectivity index (χ3n) is 2.60. The number of amides is 1. The number of carbonyl (C=O) groups is 2. The van der Waals surface area contributed by atoms with Crippen LogP contribution in [0.5, 0.6) is 0 Å². The molecule has 1 aromatic heterocycles. The molecule has 1 atom stereocenters. The Kier molecular flexibility index (Phi) is 5.90. The molecule has 1 unspecified atom stereocenters. The van der Waals surface area contributed by atoms with Crippen molar-refractivity contribution in [2.24, 2.45) is 0 Å². The van der Waals surface area contributed by atoms with E-state index in [-0.39, 0.29) is 6.54 Å². The van der Waals surface area contributed by atoms with Gasteiger partial charge in [-0.2, -0.15) is 0 Å². The number of methoxy groups -OCH3 is 1. The van der Waals surface area contributed by atoms with Crippen molar-refractivity contribution in [3.8, 4) is 0 Å². The first kappa shape index (κ1) is 16.4. The van der Waals surface area contributed by atoms with Gasteiger partial charge in [0.15, 0.2) is 6.10 Å². The third kappa shape index (κ3) is 3.91. The number of aliphatic carboxylic acids is 1. The topological polar surface area (TPSA) is 101 Å². The molecular formula is C12H17N3O4S. The molecule has 20 heavy (non-hydrogen) atoms. The number of thioether (sulfide) groups is 1. The van der Waals surface area contributed by atoms with Gasteiger partial charge in [-0.05, 0) is 20.1 Å². The van der Waals surface area contributed by atoms with Gasteiger partial charge in [0.25, 0.3) is 5.91 Å².